The number of hydrogen-bond acceptors (Lipinski definition) is 6. The second-order valence-corrected chi connectivity index (χ2v) is 9.62. The summed E-state index contributed by atoms with van der Waals surface area (Å²) in [5.41, 5.74) is 1.19. The van der Waals surface area contributed by atoms with Crippen LogP contribution in [-0.4, -0.2) is 26.2 Å². The van der Waals surface area contributed by atoms with Crippen molar-refractivity contribution < 1.29 is 28.5 Å². The largest absolute Gasteiger partial charge is 0.497 e. The van der Waals surface area contributed by atoms with Gasteiger partial charge in [0.2, 0.25) is 0 Å². The average molecular weight is 573 g/mol. The predicted octanol–water partition coefficient (Wildman–Crippen LogP) is 6.36. The molecule has 4 aromatic rings. The molecule has 0 aromatic heterocycles. The van der Waals surface area contributed by atoms with Gasteiger partial charge in [-0.1, -0.05) is 84.3 Å². The minimum Gasteiger partial charge on any atom is -0.497 e. The maximum atomic E-state index is 13.9. The van der Waals surface area contributed by atoms with Crippen LogP contribution in [0.15, 0.2) is 109 Å². The molecule has 0 atom stereocenters. The summed E-state index contributed by atoms with van der Waals surface area (Å²) in [5, 5.41) is 0. The van der Waals surface area contributed by atoms with Gasteiger partial charge >= 0.3 is 11.9 Å². The van der Waals surface area contributed by atoms with Gasteiger partial charge in [-0.05, 0) is 59.7 Å². The van der Waals surface area contributed by atoms with E-state index in [-0.39, 0.29) is 26.1 Å². The molecular formula is C37H32O6. The Labute approximate surface area is 252 Å². The molecule has 0 heterocycles. The Balaban J connectivity index is 1.67. The molecule has 6 nitrogen and oxygen atoms in total. The van der Waals surface area contributed by atoms with Crippen molar-refractivity contribution in [2.45, 2.75) is 26.1 Å². The molecule has 0 saturated carbocycles. The number of benzene rings is 4. The summed E-state index contributed by atoms with van der Waals surface area (Å²) >= 11 is 0. The van der Waals surface area contributed by atoms with Crippen LogP contribution in [0.5, 0.6) is 11.5 Å². The van der Waals surface area contributed by atoms with Crippen molar-refractivity contribution in [2.24, 2.45) is 5.41 Å². The molecule has 0 amide bonds. The van der Waals surface area contributed by atoms with E-state index in [1.807, 2.05) is 60.7 Å². The van der Waals surface area contributed by atoms with Crippen LogP contribution in [-0.2, 0) is 32.3 Å². The number of methoxy groups -OCH3 is 2. The maximum absolute atomic E-state index is 13.9. The summed E-state index contributed by atoms with van der Waals surface area (Å²) in [6.07, 6.45) is -0.310. The van der Waals surface area contributed by atoms with Gasteiger partial charge in [0.05, 0.1) is 14.2 Å². The molecule has 0 unspecified atom stereocenters. The lowest BCUT2D eigenvalue weighted by atomic mass is 9.81. The van der Waals surface area contributed by atoms with Crippen LogP contribution in [0.25, 0.3) is 0 Å². The van der Waals surface area contributed by atoms with Gasteiger partial charge in [-0.15, -0.1) is 0 Å². The van der Waals surface area contributed by atoms with E-state index in [2.05, 4.69) is 23.7 Å². The molecule has 0 saturated heterocycles. The lowest BCUT2D eigenvalue weighted by Crippen LogP contribution is -2.41. The van der Waals surface area contributed by atoms with E-state index < -0.39 is 17.4 Å². The van der Waals surface area contributed by atoms with Crippen LogP contribution in [0.3, 0.4) is 0 Å². The van der Waals surface area contributed by atoms with Gasteiger partial charge in [-0.25, -0.2) is 0 Å². The summed E-state index contributed by atoms with van der Waals surface area (Å²) in [5.74, 6) is 12.0. The van der Waals surface area contributed by atoms with Crippen LogP contribution < -0.4 is 9.47 Å². The van der Waals surface area contributed by atoms with Crippen molar-refractivity contribution >= 4 is 11.9 Å². The quantitative estimate of drug-likeness (QED) is 0.125. The van der Waals surface area contributed by atoms with Gasteiger partial charge in [0.25, 0.3) is 0 Å². The van der Waals surface area contributed by atoms with Crippen molar-refractivity contribution in [1.82, 2.24) is 0 Å². The Morgan fingerprint density at radius 3 is 1.28 bits per heavy atom. The Morgan fingerprint density at radius 2 is 0.930 bits per heavy atom. The molecule has 0 spiro atoms. The monoisotopic (exact) mass is 572 g/mol. The highest BCUT2D eigenvalue weighted by atomic mass is 16.6. The van der Waals surface area contributed by atoms with E-state index in [0.717, 1.165) is 11.1 Å². The van der Waals surface area contributed by atoms with Crippen molar-refractivity contribution in [3.63, 3.8) is 0 Å². The summed E-state index contributed by atoms with van der Waals surface area (Å²) < 4.78 is 21.9. The van der Waals surface area contributed by atoms with Gasteiger partial charge in [0.15, 0.2) is 5.41 Å². The number of esters is 2. The van der Waals surface area contributed by atoms with Gasteiger partial charge in [-0.3, -0.25) is 9.59 Å². The first-order valence-electron chi connectivity index (χ1n) is 13.7. The van der Waals surface area contributed by atoms with E-state index in [1.54, 1.807) is 62.8 Å². The molecule has 6 heteroatoms. The Hall–Kier alpha value is -5.46. The fraction of sp³-hybridized carbons (Fsp3) is 0.189. The minimum atomic E-state index is -1.79. The highest BCUT2D eigenvalue weighted by molar-refractivity contribution is 6.00. The lowest BCUT2D eigenvalue weighted by molar-refractivity contribution is -0.173. The van der Waals surface area contributed by atoms with E-state index in [9.17, 15) is 9.59 Å². The van der Waals surface area contributed by atoms with Crippen molar-refractivity contribution in [1.29, 1.82) is 0 Å². The van der Waals surface area contributed by atoms with E-state index in [0.29, 0.717) is 22.6 Å². The summed E-state index contributed by atoms with van der Waals surface area (Å²) in [7, 11) is 3.17. The van der Waals surface area contributed by atoms with Crippen LogP contribution in [0, 0.1) is 29.1 Å². The van der Waals surface area contributed by atoms with Gasteiger partial charge in [0.1, 0.15) is 24.7 Å². The predicted molar refractivity (Wildman–Crippen MR) is 164 cm³/mol. The molecule has 0 fully saturated rings. The number of rotatable bonds is 10. The van der Waals surface area contributed by atoms with Crippen molar-refractivity contribution in [2.75, 3.05) is 14.2 Å². The highest BCUT2D eigenvalue weighted by Crippen LogP contribution is 2.31. The van der Waals surface area contributed by atoms with Crippen molar-refractivity contribution in [3.8, 4) is 35.2 Å². The number of hydrogen-bond donors (Lipinski definition) is 0. The smallest absolute Gasteiger partial charge is 0.325 e. The molecule has 43 heavy (non-hydrogen) atoms. The first-order valence-corrected chi connectivity index (χ1v) is 13.7. The number of ether oxygens (including phenoxy) is 4. The van der Waals surface area contributed by atoms with E-state index in [1.165, 1.54) is 0 Å². The maximum Gasteiger partial charge on any atom is 0.325 e. The molecule has 4 rings (SSSR count). The zero-order valence-corrected chi connectivity index (χ0v) is 24.2. The summed E-state index contributed by atoms with van der Waals surface area (Å²) in [6.45, 7) is -0.0174. The highest BCUT2D eigenvalue weighted by Gasteiger charge is 2.48. The first-order chi connectivity index (χ1) is 21.0. The molecule has 0 aliphatic rings. The van der Waals surface area contributed by atoms with Crippen LogP contribution in [0.4, 0.5) is 0 Å². The lowest BCUT2D eigenvalue weighted by Gasteiger charge is -2.26. The molecule has 0 radical (unpaired) electrons. The Morgan fingerprint density at radius 1 is 0.558 bits per heavy atom. The molecule has 216 valence electrons. The minimum absolute atomic E-state index is 0.00872. The molecule has 0 N–H and O–H groups in total. The Bertz CT molecular complexity index is 1480. The van der Waals surface area contributed by atoms with Crippen molar-refractivity contribution in [3.05, 3.63) is 131 Å². The second kappa shape index (κ2) is 15.5. The zero-order valence-electron chi connectivity index (χ0n) is 24.2. The van der Waals surface area contributed by atoms with Crippen LogP contribution in [0.2, 0.25) is 0 Å². The summed E-state index contributed by atoms with van der Waals surface area (Å²) in [6, 6.07) is 32.9. The zero-order chi connectivity index (χ0) is 30.3. The molecule has 0 aliphatic heterocycles. The third-order valence-electron chi connectivity index (χ3n) is 6.63. The second-order valence-electron chi connectivity index (χ2n) is 9.62. The normalized spacial score (nSPS) is 10.3. The first kappa shape index (κ1) is 30.5. The Kier molecular flexibility index (Phi) is 11.0. The van der Waals surface area contributed by atoms with Gasteiger partial charge in [0, 0.05) is 24.0 Å². The van der Waals surface area contributed by atoms with Crippen LogP contribution in [0.1, 0.15) is 35.1 Å². The standard InChI is InChI=1S/C37H32O6/c1-40-33-21-17-29(18-22-33)15-9-25-37(35(38)42-27-31-11-5-3-6-12-31,36(39)43-28-32-13-7-4-8-14-32)26-10-16-30-19-23-34(41-2)24-20-30/h3-8,11-14,17-24H,25-28H2,1-2H3. The third kappa shape index (κ3) is 8.76. The van der Waals surface area contributed by atoms with Crippen LogP contribution >= 0.6 is 0 Å². The SMILES string of the molecule is COc1ccc(C#CCC(CC#Cc2ccc(OC)cc2)(C(=O)OCc2ccccc2)C(=O)OCc2ccccc2)cc1. The van der Waals surface area contributed by atoms with Gasteiger partial charge < -0.3 is 18.9 Å². The molecule has 0 bridgehead atoms. The summed E-state index contributed by atoms with van der Waals surface area (Å²) in [4.78, 5) is 27.7. The fourth-order valence-electron chi connectivity index (χ4n) is 4.10. The fourth-order valence-corrected chi connectivity index (χ4v) is 4.10. The average Bonchev–Trinajstić information content (AvgIpc) is 3.07. The van der Waals surface area contributed by atoms with E-state index in [4.69, 9.17) is 18.9 Å². The number of carbonyl (C=O) groups excluding carboxylic acids is 2. The topological polar surface area (TPSA) is 71.1 Å². The van der Waals surface area contributed by atoms with Gasteiger partial charge in [-0.2, -0.15) is 0 Å². The van der Waals surface area contributed by atoms with E-state index >= 15 is 0 Å². The number of carbonyl (C=O) groups is 2. The molecular weight excluding hydrogens is 540 g/mol. The third-order valence-corrected chi connectivity index (χ3v) is 6.63. The molecule has 0 aliphatic carbocycles. The molecule has 4 aromatic carbocycles.